The molecule has 3 aromatic carbocycles. The molecule has 0 unspecified atom stereocenters. The van der Waals surface area contributed by atoms with Gasteiger partial charge in [-0.3, -0.25) is 13.9 Å². The van der Waals surface area contributed by atoms with Crippen molar-refractivity contribution < 1.29 is 18.0 Å². The lowest BCUT2D eigenvalue weighted by atomic mass is 10.1. The van der Waals surface area contributed by atoms with Gasteiger partial charge in [0.25, 0.3) is 10.0 Å². The Hall–Kier alpha value is -3.07. The van der Waals surface area contributed by atoms with E-state index >= 15 is 0 Å². The van der Waals surface area contributed by atoms with Crippen molar-refractivity contribution in [1.82, 2.24) is 10.2 Å². The Morgan fingerprint density at radius 2 is 1.61 bits per heavy atom. The first kappa shape index (κ1) is 32.4. The van der Waals surface area contributed by atoms with Gasteiger partial charge in [-0.1, -0.05) is 85.4 Å². The number of amides is 2. The Morgan fingerprint density at radius 1 is 0.927 bits per heavy atom. The first-order valence-corrected chi connectivity index (χ1v) is 15.8. The van der Waals surface area contributed by atoms with E-state index in [2.05, 4.69) is 5.32 Å². The summed E-state index contributed by atoms with van der Waals surface area (Å²) in [4.78, 5) is 28.9. The summed E-state index contributed by atoms with van der Waals surface area (Å²) in [6.45, 7) is 7.54. The van der Waals surface area contributed by atoms with Crippen molar-refractivity contribution in [3.05, 3.63) is 93.5 Å². The van der Waals surface area contributed by atoms with Crippen molar-refractivity contribution in [2.75, 3.05) is 17.4 Å². The zero-order valence-corrected chi connectivity index (χ0v) is 26.2. The zero-order valence-electron chi connectivity index (χ0n) is 23.9. The fourth-order valence-corrected chi connectivity index (χ4v) is 6.25. The molecule has 2 amide bonds. The standard InChI is InChI=1S/C31H37Cl2N3O4S/c1-5-7-18-34-31(38)28(6-2)35(20-24-14-17-26(32)27(33)19-24)30(37)21-36(29-11-9-8-10-23(29)4)41(39,40)25-15-12-22(3)13-16-25/h8-17,19,28H,5-7,18,20-21H2,1-4H3,(H,34,38)/t28-/m0/s1. The van der Waals surface area contributed by atoms with Crippen molar-refractivity contribution in [2.24, 2.45) is 0 Å². The lowest BCUT2D eigenvalue weighted by Gasteiger charge is -2.33. The number of anilines is 1. The van der Waals surface area contributed by atoms with E-state index in [4.69, 9.17) is 23.2 Å². The van der Waals surface area contributed by atoms with E-state index in [1.165, 1.54) is 17.0 Å². The van der Waals surface area contributed by atoms with Gasteiger partial charge in [-0.15, -0.1) is 0 Å². The molecule has 10 heteroatoms. The van der Waals surface area contributed by atoms with Crippen LogP contribution in [-0.4, -0.2) is 44.3 Å². The SMILES string of the molecule is CCCCNC(=O)[C@H](CC)N(Cc1ccc(Cl)c(Cl)c1)C(=O)CN(c1ccccc1C)S(=O)(=O)c1ccc(C)cc1. The van der Waals surface area contributed by atoms with E-state index in [-0.39, 0.29) is 17.3 Å². The van der Waals surface area contributed by atoms with E-state index in [1.807, 2.05) is 26.8 Å². The number of carbonyl (C=O) groups is 2. The van der Waals surface area contributed by atoms with Crippen LogP contribution in [0.5, 0.6) is 0 Å². The maximum atomic E-state index is 14.1. The number of sulfonamides is 1. The minimum absolute atomic E-state index is 0.0433. The van der Waals surface area contributed by atoms with Crippen LogP contribution in [0.4, 0.5) is 5.69 Å². The number of hydrogen-bond donors (Lipinski definition) is 1. The van der Waals surface area contributed by atoms with Crippen LogP contribution >= 0.6 is 23.2 Å². The van der Waals surface area contributed by atoms with Gasteiger partial charge in [-0.25, -0.2) is 8.42 Å². The Balaban J connectivity index is 2.06. The molecule has 0 aromatic heterocycles. The van der Waals surface area contributed by atoms with E-state index in [1.54, 1.807) is 55.5 Å². The molecule has 0 saturated heterocycles. The molecule has 0 radical (unpaired) electrons. The summed E-state index contributed by atoms with van der Waals surface area (Å²) in [6.07, 6.45) is 2.05. The van der Waals surface area contributed by atoms with Crippen LogP contribution < -0.4 is 9.62 Å². The fraction of sp³-hybridized carbons (Fsp3) is 0.355. The molecular weight excluding hydrogens is 581 g/mol. The second-order valence-corrected chi connectivity index (χ2v) is 12.6. The lowest BCUT2D eigenvalue weighted by molar-refractivity contribution is -0.140. The minimum Gasteiger partial charge on any atom is -0.354 e. The molecule has 0 fully saturated rings. The highest BCUT2D eigenvalue weighted by Crippen LogP contribution is 2.28. The van der Waals surface area contributed by atoms with Gasteiger partial charge < -0.3 is 10.2 Å². The lowest BCUT2D eigenvalue weighted by Crippen LogP contribution is -2.52. The van der Waals surface area contributed by atoms with Crippen LogP contribution in [0.25, 0.3) is 0 Å². The smallest absolute Gasteiger partial charge is 0.264 e. The van der Waals surface area contributed by atoms with Gasteiger partial charge in [0.1, 0.15) is 12.6 Å². The molecule has 0 aliphatic carbocycles. The molecule has 7 nitrogen and oxygen atoms in total. The number of unbranched alkanes of at least 4 members (excludes halogenated alkanes) is 1. The van der Waals surface area contributed by atoms with Crippen molar-refractivity contribution in [1.29, 1.82) is 0 Å². The van der Waals surface area contributed by atoms with Crippen molar-refractivity contribution in [3.8, 4) is 0 Å². The molecule has 3 aromatic rings. The number of carbonyl (C=O) groups excluding carboxylic acids is 2. The summed E-state index contributed by atoms with van der Waals surface area (Å²) in [7, 11) is -4.13. The van der Waals surface area contributed by atoms with Gasteiger partial charge >= 0.3 is 0 Å². The molecule has 220 valence electrons. The highest BCUT2D eigenvalue weighted by Gasteiger charge is 2.34. The summed E-state index contributed by atoms with van der Waals surface area (Å²) < 4.78 is 29.1. The third-order valence-electron chi connectivity index (χ3n) is 6.82. The third-order valence-corrected chi connectivity index (χ3v) is 9.34. The second kappa shape index (κ2) is 14.7. The highest BCUT2D eigenvalue weighted by molar-refractivity contribution is 7.92. The van der Waals surface area contributed by atoms with Gasteiger partial charge in [0.15, 0.2) is 0 Å². The summed E-state index contributed by atoms with van der Waals surface area (Å²) >= 11 is 12.4. The molecule has 0 bridgehead atoms. The second-order valence-electron chi connectivity index (χ2n) is 9.95. The topological polar surface area (TPSA) is 86.8 Å². The van der Waals surface area contributed by atoms with Gasteiger partial charge in [0, 0.05) is 13.1 Å². The largest absolute Gasteiger partial charge is 0.354 e. The molecule has 41 heavy (non-hydrogen) atoms. The average molecular weight is 619 g/mol. The molecule has 0 aliphatic rings. The molecular formula is C31H37Cl2N3O4S. The predicted octanol–water partition coefficient (Wildman–Crippen LogP) is 6.53. The third kappa shape index (κ3) is 8.24. The zero-order chi connectivity index (χ0) is 30.2. The number of hydrogen-bond acceptors (Lipinski definition) is 4. The van der Waals surface area contributed by atoms with Crippen LogP contribution in [0.15, 0.2) is 71.6 Å². The van der Waals surface area contributed by atoms with Crippen LogP contribution in [0.3, 0.4) is 0 Å². The fourth-order valence-electron chi connectivity index (χ4n) is 4.45. The maximum Gasteiger partial charge on any atom is 0.264 e. The molecule has 3 rings (SSSR count). The van der Waals surface area contributed by atoms with Gasteiger partial charge in [0.05, 0.1) is 20.6 Å². The van der Waals surface area contributed by atoms with Gasteiger partial charge in [-0.05, 0) is 68.1 Å². The van der Waals surface area contributed by atoms with Gasteiger partial charge in [-0.2, -0.15) is 0 Å². The number of rotatable bonds is 13. The van der Waals surface area contributed by atoms with Crippen LogP contribution in [0.2, 0.25) is 10.0 Å². The molecule has 1 atom stereocenters. The summed E-state index contributed by atoms with van der Waals surface area (Å²) in [5.41, 5.74) is 2.65. The van der Waals surface area contributed by atoms with Crippen LogP contribution in [0, 0.1) is 13.8 Å². The molecule has 0 spiro atoms. The van der Waals surface area contributed by atoms with E-state index in [0.29, 0.717) is 39.8 Å². The molecule has 0 aliphatic heterocycles. The molecule has 0 heterocycles. The Morgan fingerprint density at radius 3 is 2.22 bits per heavy atom. The summed E-state index contributed by atoms with van der Waals surface area (Å²) in [6, 6.07) is 17.7. The number of benzene rings is 3. The minimum atomic E-state index is -4.13. The monoisotopic (exact) mass is 617 g/mol. The van der Waals surface area contributed by atoms with Crippen molar-refractivity contribution in [3.63, 3.8) is 0 Å². The first-order valence-electron chi connectivity index (χ1n) is 13.7. The van der Waals surface area contributed by atoms with Crippen LogP contribution in [-0.2, 0) is 26.2 Å². The van der Waals surface area contributed by atoms with E-state index in [0.717, 1.165) is 22.7 Å². The number of nitrogens with zero attached hydrogens (tertiary/aromatic N) is 2. The highest BCUT2D eigenvalue weighted by atomic mass is 35.5. The van der Waals surface area contributed by atoms with E-state index in [9.17, 15) is 18.0 Å². The number of para-hydroxylation sites is 1. The first-order chi connectivity index (χ1) is 19.5. The Labute approximate surface area is 253 Å². The molecule has 0 saturated carbocycles. The number of nitrogens with one attached hydrogen (secondary N) is 1. The number of halogens is 2. The van der Waals surface area contributed by atoms with Crippen molar-refractivity contribution >= 4 is 50.7 Å². The van der Waals surface area contributed by atoms with Gasteiger partial charge in [0.2, 0.25) is 11.8 Å². The Bertz CT molecular complexity index is 1460. The summed E-state index contributed by atoms with van der Waals surface area (Å²) in [5, 5.41) is 3.61. The molecule has 1 N–H and O–H groups in total. The normalized spacial score (nSPS) is 12.0. The van der Waals surface area contributed by atoms with Crippen LogP contribution in [0.1, 0.15) is 49.8 Å². The van der Waals surface area contributed by atoms with Crippen molar-refractivity contribution in [2.45, 2.75) is 64.4 Å². The maximum absolute atomic E-state index is 14.1. The summed E-state index contributed by atoms with van der Waals surface area (Å²) in [5.74, 6) is -0.814. The Kier molecular flexibility index (Phi) is 11.6. The quantitative estimate of drug-likeness (QED) is 0.221. The van der Waals surface area contributed by atoms with E-state index < -0.39 is 28.5 Å². The number of aryl methyl sites for hydroxylation is 2. The average Bonchev–Trinajstić information content (AvgIpc) is 2.94. The predicted molar refractivity (Wildman–Crippen MR) is 166 cm³/mol.